The Labute approximate surface area is 269 Å². The number of hydrogen-bond acceptors (Lipinski definition) is 2. The molecule has 0 aliphatic rings. The number of fused-ring (bicyclic) bond motifs is 8. The molecule has 0 N–H and O–H groups in total. The van der Waals surface area contributed by atoms with Crippen LogP contribution >= 0.6 is 11.3 Å². The van der Waals surface area contributed by atoms with Crippen molar-refractivity contribution in [2.45, 2.75) is 0 Å². The van der Waals surface area contributed by atoms with Crippen molar-refractivity contribution in [1.29, 1.82) is 0 Å². The first kappa shape index (κ1) is 25.6. The first-order chi connectivity index (χ1) is 22.8. The maximum absolute atomic E-state index is 6.27. The summed E-state index contributed by atoms with van der Waals surface area (Å²) < 4.78 is 8.74. The highest BCUT2D eigenvalue weighted by atomic mass is 32.1. The molecule has 0 radical (unpaired) electrons. The Bertz CT molecular complexity index is 2740. The van der Waals surface area contributed by atoms with Crippen LogP contribution in [0.3, 0.4) is 0 Å². The van der Waals surface area contributed by atoms with Crippen molar-refractivity contribution < 1.29 is 4.42 Å². The molecule has 0 spiro atoms. The van der Waals surface area contributed by atoms with E-state index in [1.54, 1.807) is 0 Å². The van der Waals surface area contributed by atoms with Gasteiger partial charge in [-0.1, -0.05) is 127 Å². The van der Waals surface area contributed by atoms with E-state index < -0.39 is 0 Å². The van der Waals surface area contributed by atoms with Gasteiger partial charge in [0.15, 0.2) is 5.58 Å². The minimum Gasteiger partial charge on any atom is -0.462 e. The van der Waals surface area contributed by atoms with E-state index in [2.05, 4.69) is 152 Å². The fourth-order valence-corrected chi connectivity index (χ4v) is 8.59. The van der Waals surface area contributed by atoms with Crippen LogP contribution in [0.2, 0.25) is 0 Å². The summed E-state index contributed by atoms with van der Waals surface area (Å²) in [5.74, 6) is 0. The van der Waals surface area contributed by atoms with Gasteiger partial charge >= 0.3 is 0 Å². The van der Waals surface area contributed by atoms with E-state index in [0.717, 1.165) is 16.5 Å². The van der Waals surface area contributed by atoms with Crippen molar-refractivity contribution in [1.82, 2.24) is 0 Å². The summed E-state index contributed by atoms with van der Waals surface area (Å²) in [7, 11) is 0. The molecule has 0 unspecified atom stereocenters. The molecule has 10 aromatic rings. The van der Waals surface area contributed by atoms with Crippen LogP contribution in [0.15, 0.2) is 162 Å². The second-order valence-electron chi connectivity index (χ2n) is 12.1. The normalized spacial score (nSPS) is 11.9. The summed E-state index contributed by atoms with van der Waals surface area (Å²) >= 11 is 1.82. The van der Waals surface area contributed by atoms with Crippen LogP contribution < -0.4 is 0 Å². The Balaban J connectivity index is 1.22. The lowest BCUT2D eigenvalue weighted by molar-refractivity contribution is 0.621. The Hall–Kier alpha value is -5.70. The van der Waals surface area contributed by atoms with E-state index in [0.29, 0.717) is 0 Å². The molecular formula is C44H26OS. The first-order valence-corrected chi connectivity index (χ1v) is 16.5. The number of furan rings is 1. The van der Waals surface area contributed by atoms with Crippen LogP contribution in [0.25, 0.3) is 96.8 Å². The third-order valence-electron chi connectivity index (χ3n) is 9.52. The molecule has 0 amide bonds. The molecule has 0 saturated carbocycles. The van der Waals surface area contributed by atoms with Gasteiger partial charge < -0.3 is 4.42 Å². The van der Waals surface area contributed by atoms with Crippen LogP contribution in [0.4, 0.5) is 0 Å². The molecule has 0 saturated heterocycles. The molecular weight excluding hydrogens is 577 g/mol. The SMILES string of the molecule is c1ccc(-c2coc3c2ccc2c4cc(-c5c6ccccc6c(-c6ccc7ccccc7c6)c6ccccc56)ccc4sc23)cc1. The van der Waals surface area contributed by atoms with Crippen LogP contribution in [-0.2, 0) is 0 Å². The van der Waals surface area contributed by atoms with Crippen LogP contribution in [0.1, 0.15) is 0 Å². The van der Waals surface area contributed by atoms with Gasteiger partial charge in [0.05, 0.1) is 11.0 Å². The van der Waals surface area contributed by atoms with Gasteiger partial charge in [-0.05, 0) is 84.4 Å². The Morgan fingerprint density at radius 1 is 0.391 bits per heavy atom. The highest BCUT2D eigenvalue weighted by Crippen LogP contribution is 2.47. The molecule has 0 aliphatic carbocycles. The molecule has 46 heavy (non-hydrogen) atoms. The lowest BCUT2D eigenvalue weighted by atomic mass is 9.85. The summed E-state index contributed by atoms with van der Waals surface area (Å²) in [5.41, 5.74) is 8.33. The quantitative estimate of drug-likeness (QED) is 0.183. The fourth-order valence-electron chi connectivity index (χ4n) is 7.42. The van der Waals surface area contributed by atoms with Crippen molar-refractivity contribution in [3.63, 3.8) is 0 Å². The lowest BCUT2D eigenvalue weighted by Crippen LogP contribution is -1.91. The number of thiophene rings is 1. The lowest BCUT2D eigenvalue weighted by Gasteiger charge is -2.18. The second-order valence-corrected chi connectivity index (χ2v) is 13.1. The smallest absolute Gasteiger partial charge is 0.152 e. The zero-order valence-corrected chi connectivity index (χ0v) is 25.6. The third-order valence-corrected chi connectivity index (χ3v) is 10.7. The van der Waals surface area contributed by atoms with Crippen LogP contribution in [0.5, 0.6) is 0 Å². The standard InChI is InChI=1S/C44H26OS/c1-2-11-28(12-3-1)39-26-45-43-36(39)21-22-37-38-25-31(20-23-40(38)46-44(37)43)42-34-16-8-6-14-32(34)41(33-15-7-9-17-35(33)42)30-19-18-27-10-4-5-13-29(27)24-30/h1-26H. The van der Waals surface area contributed by atoms with Gasteiger partial charge in [-0.3, -0.25) is 0 Å². The summed E-state index contributed by atoms with van der Waals surface area (Å²) in [6.45, 7) is 0. The van der Waals surface area contributed by atoms with E-state index in [4.69, 9.17) is 4.42 Å². The zero-order valence-electron chi connectivity index (χ0n) is 24.8. The second kappa shape index (κ2) is 9.90. The van der Waals surface area contributed by atoms with Crippen molar-refractivity contribution >= 4 is 74.8 Å². The molecule has 214 valence electrons. The summed E-state index contributed by atoms with van der Waals surface area (Å²) in [4.78, 5) is 0. The molecule has 0 aliphatic heterocycles. The van der Waals surface area contributed by atoms with E-state index in [1.165, 1.54) is 80.3 Å². The van der Waals surface area contributed by atoms with Crippen molar-refractivity contribution in [3.8, 4) is 33.4 Å². The van der Waals surface area contributed by atoms with Gasteiger partial charge in [-0.15, -0.1) is 11.3 Å². The molecule has 0 fully saturated rings. The van der Waals surface area contributed by atoms with Crippen molar-refractivity contribution in [2.24, 2.45) is 0 Å². The van der Waals surface area contributed by atoms with Gasteiger partial charge in [0.1, 0.15) is 0 Å². The number of rotatable bonds is 3. The minimum atomic E-state index is 0.967. The van der Waals surface area contributed by atoms with Gasteiger partial charge in [0, 0.05) is 26.4 Å². The number of hydrogen-bond donors (Lipinski definition) is 0. The van der Waals surface area contributed by atoms with Gasteiger partial charge in [0.25, 0.3) is 0 Å². The molecule has 8 aromatic carbocycles. The molecule has 0 atom stereocenters. The molecule has 2 heteroatoms. The average molecular weight is 603 g/mol. The maximum Gasteiger partial charge on any atom is 0.152 e. The highest BCUT2D eigenvalue weighted by molar-refractivity contribution is 7.26. The summed E-state index contributed by atoms with van der Waals surface area (Å²) in [5, 5.41) is 11.3. The largest absolute Gasteiger partial charge is 0.462 e. The van der Waals surface area contributed by atoms with Gasteiger partial charge in [-0.2, -0.15) is 0 Å². The minimum absolute atomic E-state index is 0.967. The predicted octanol–water partition coefficient (Wildman–Crippen LogP) is 13.3. The van der Waals surface area contributed by atoms with Crippen molar-refractivity contribution in [3.05, 3.63) is 158 Å². The highest BCUT2D eigenvalue weighted by Gasteiger charge is 2.19. The Kier molecular flexibility index (Phi) is 5.51. The van der Waals surface area contributed by atoms with E-state index in [-0.39, 0.29) is 0 Å². The Morgan fingerprint density at radius 3 is 1.70 bits per heavy atom. The van der Waals surface area contributed by atoms with E-state index >= 15 is 0 Å². The zero-order chi connectivity index (χ0) is 30.2. The van der Waals surface area contributed by atoms with Crippen LogP contribution in [0, 0.1) is 0 Å². The third kappa shape index (κ3) is 3.74. The maximum atomic E-state index is 6.27. The molecule has 0 bridgehead atoms. The van der Waals surface area contributed by atoms with E-state index in [9.17, 15) is 0 Å². The van der Waals surface area contributed by atoms with Crippen molar-refractivity contribution in [2.75, 3.05) is 0 Å². The molecule has 2 aromatic heterocycles. The fraction of sp³-hybridized carbons (Fsp3) is 0. The molecule has 1 nitrogen and oxygen atoms in total. The topological polar surface area (TPSA) is 13.1 Å². The monoisotopic (exact) mass is 602 g/mol. The Morgan fingerprint density at radius 2 is 0.978 bits per heavy atom. The van der Waals surface area contributed by atoms with Gasteiger partial charge in [0.2, 0.25) is 0 Å². The predicted molar refractivity (Wildman–Crippen MR) is 198 cm³/mol. The van der Waals surface area contributed by atoms with Crippen LogP contribution in [-0.4, -0.2) is 0 Å². The van der Waals surface area contributed by atoms with E-state index in [1.807, 2.05) is 17.6 Å². The first-order valence-electron chi connectivity index (χ1n) is 15.7. The molecule has 10 rings (SSSR count). The molecule has 2 heterocycles. The average Bonchev–Trinajstić information content (AvgIpc) is 3.72. The number of benzene rings is 8. The van der Waals surface area contributed by atoms with Gasteiger partial charge in [-0.25, -0.2) is 0 Å². The summed E-state index contributed by atoms with van der Waals surface area (Å²) in [6, 6.07) is 55.3. The summed E-state index contributed by atoms with van der Waals surface area (Å²) in [6.07, 6.45) is 1.91.